The maximum absolute atomic E-state index is 11.8. The molecule has 0 saturated heterocycles. The third kappa shape index (κ3) is 1.91. The lowest BCUT2D eigenvalue weighted by molar-refractivity contribution is 0.656. The molecule has 0 fully saturated rings. The van der Waals surface area contributed by atoms with Crippen molar-refractivity contribution in [3.63, 3.8) is 0 Å². The molecular weight excluding hydrogens is 208 g/mol. The lowest BCUT2D eigenvalue weighted by Crippen LogP contribution is -2.38. The minimum absolute atomic E-state index is 0.447. The average Bonchev–Trinajstić information content (AvgIpc) is 2.17. The SMILES string of the molecule is Cc1cc2c(cn1)S(=O)CCN2C(C)C. The van der Waals surface area contributed by atoms with Crippen LogP contribution in [0, 0.1) is 6.92 Å². The second kappa shape index (κ2) is 3.93. The molecule has 0 aliphatic carbocycles. The predicted octanol–water partition coefficient (Wildman–Crippen LogP) is 1.73. The summed E-state index contributed by atoms with van der Waals surface area (Å²) in [4.78, 5) is 7.40. The van der Waals surface area contributed by atoms with Gasteiger partial charge in [0, 0.05) is 30.2 Å². The molecule has 1 aromatic rings. The van der Waals surface area contributed by atoms with E-state index in [-0.39, 0.29) is 0 Å². The van der Waals surface area contributed by atoms with E-state index in [1.807, 2.05) is 13.0 Å². The summed E-state index contributed by atoms with van der Waals surface area (Å²) >= 11 is 0. The maximum atomic E-state index is 11.8. The summed E-state index contributed by atoms with van der Waals surface area (Å²) in [6.45, 7) is 7.17. The van der Waals surface area contributed by atoms with Crippen molar-refractivity contribution in [1.82, 2.24) is 4.98 Å². The van der Waals surface area contributed by atoms with Gasteiger partial charge in [0.15, 0.2) is 0 Å². The van der Waals surface area contributed by atoms with Crippen molar-refractivity contribution < 1.29 is 4.21 Å². The Kier molecular flexibility index (Phi) is 2.78. The van der Waals surface area contributed by atoms with Crippen LogP contribution in [0.25, 0.3) is 0 Å². The van der Waals surface area contributed by atoms with Crippen LogP contribution in [0.2, 0.25) is 0 Å². The van der Waals surface area contributed by atoms with Crippen LogP contribution in [0.5, 0.6) is 0 Å². The van der Waals surface area contributed by atoms with Crippen LogP contribution >= 0.6 is 0 Å². The van der Waals surface area contributed by atoms with Crippen molar-refractivity contribution in [3.8, 4) is 0 Å². The van der Waals surface area contributed by atoms with Crippen molar-refractivity contribution >= 4 is 16.5 Å². The van der Waals surface area contributed by atoms with E-state index in [0.717, 1.165) is 28.6 Å². The fourth-order valence-electron chi connectivity index (χ4n) is 1.88. The molecule has 1 aromatic heterocycles. The topological polar surface area (TPSA) is 33.2 Å². The molecule has 0 N–H and O–H groups in total. The van der Waals surface area contributed by atoms with Gasteiger partial charge in [-0.3, -0.25) is 9.19 Å². The highest BCUT2D eigenvalue weighted by atomic mass is 32.2. The Labute approximate surface area is 93.0 Å². The number of nitrogens with zero attached hydrogens (tertiary/aromatic N) is 2. The van der Waals surface area contributed by atoms with Crippen LogP contribution < -0.4 is 4.90 Å². The molecule has 82 valence electrons. The smallest absolute Gasteiger partial charge is 0.0805 e. The summed E-state index contributed by atoms with van der Waals surface area (Å²) in [7, 11) is -0.865. The van der Waals surface area contributed by atoms with E-state index in [2.05, 4.69) is 23.7 Å². The third-order valence-electron chi connectivity index (χ3n) is 2.68. The molecule has 0 saturated carbocycles. The molecule has 1 unspecified atom stereocenters. The molecule has 1 aliphatic rings. The first-order valence-electron chi connectivity index (χ1n) is 5.21. The Morgan fingerprint density at radius 3 is 2.93 bits per heavy atom. The van der Waals surface area contributed by atoms with Gasteiger partial charge in [-0.15, -0.1) is 0 Å². The Balaban J connectivity index is 2.51. The summed E-state index contributed by atoms with van der Waals surface area (Å²) in [5.74, 6) is 0.718. The number of hydrogen-bond donors (Lipinski definition) is 0. The number of pyridine rings is 1. The molecule has 2 rings (SSSR count). The molecule has 0 spiro atoms. The molecule has 0 bridgehead atoms. The van der Waals surface area contributed by atoms with Crippen LogP contribution in [0.3, 0.4) is 0 Å². The minimum Gasteiger partial charge on any atom is -0.367 e. The fourth-order valence-corrected chi connectivity index (χ4v) is 3.04. The van der Waals surface area contributed by atoms with Crippen molar-refractivity contribution in [2.24, 2.45) is 0 Å². The molecule has 1 atom stereocenters. The van der Waals surface area contributed by atoms with E-state index in [0.29, 0.717) is 6.04 Å². The Bertz CT molecular complexity index is 404. The molecule has 15 heavy (non-hydrogen) atoms. The molecular formula is C11H16N2OS. The minimum atomic E-state index is -0.865. The van der Waals surface area contributed by atoms with Gasteiger partial charge in [0.25, 0.3) is 0 Å². The number of aromatic nitrogens is 1. The van der Waals surface area contributed by atoms with Crippen LogP contribution in [-0.2, 0) is 10.8 Å². The molecule has 4 heteroatoms. The summed E-state index contributed by atoms with van der Waals surface area (Å²) in [6.07, 6.45) is 1.76. The highest BCUT2D eigenvalue weighted by molar-refractivity contribution is 7.85. The van der Waals surface area contributed by atoms with Gasteiger partial charge in [0.1, 0.15) is 0 Å². The summed E-state index contributed by atoms with van der Waals surface area (Å²) in [6, 6.07) is 2.48. The average molecular weight is 224 g/mol. The Morgan fingerprint density at radius 2 is 2.27 bits per heavy atom. The number of fused-ring (bicyclic) bond motifs is 1. The number of aryl methyl sites for hydroxylation is 1. The second-order valence-electron chi connectivity index (χ2n) is 4.13. The first kappa shape index (κ1) is 10.6. The Morgan fingerprint density at radius 1 is 1.53 bits per heavy atom. The van der Waals surface area contributed by atoms with Gasteiger partial charge in [0.05, 0.1) is 21.4 Å². The van der Waals surface area contributed by atoms with E-state index in [9.17, 15) is 4.21 Å². The van der Waals surface area contributed by atoms with E-state index in [1.165, 1.54) is 0 Å². The van der Waals surface area contributed by atoms with E-state index >= 15 is 0 Å². The molecule has 0 radical (unpaired) electrons. The van der Waals surface area contributed by atoms with E-state index < -0.39 is 10.8 Å². The molecule has 0 aromatic carbocycles. The predicted molar refractivity (Wildman–Crippen MR) is 62.7 cm³/mol. The van der Waals surface area contributed by atoms with Gasteiger partial charge in [-0.2, -0.15) is 0 Å². The second-order valence-corrected chi connectivity index (χ2v) is 5.67. The number of hydrogen-bond acceptors (Lipinski definition) is 3. The van der Waals surface area contributed by atoms with Gasteiger partial charge < -0.3 is 4.90 Å². The zero-order valence-corrected chi connectivity index (χ0v) is 10.2. The van der Waals surface area contributed by atoms with Crippen molar-refractivity contribution in [1.29, 1.82) is 0 Å². The van der Waals surface area contributed by atoms with Crippen molar-refractivity contribution in [3.05, 3.63) is 18.0 Å². The quantitative estimate of drug-likeness (QED) is 0.728. The number of rotatable bonds is 1. The molecule has 0 amide bonds. The van der Waals surface area contributed by atoms with Crippen LogP contribution in [-0.4, -0.2) is 27.5 Å². The third-order valence-corrected chi connectivity index (χ3v) is 4.04. The van der Waals surface area contributed by atoms with Crippen LogP contribution in [0.4, 0.5) is 5.69 Å². The highest BCUT2D eigenvalue weighted by Crippen LogP contribution is 2.29. The molecule has 2 heterocycles. The summed E-state index contributed by atoms with van der Waals surface area (Å²) in [5.41, 5.74) is 2.08. The first-order chi connectivity index (χ1) is 7.09. The van der Waals surface area contributed by atoms with Gasteiger partial charge in [-0.05, 0) is 26.8 Å². The largest absolute Gasteiger partial charge is 0.367 e. The molecule has 1 aliphatic heterocycles. The zero-order valence-electron chi connectivity index (χ0n) is 9.36. The van der Waals surface area contributed by atoms with Gasteiger partial charge >= 0.3 is 0 Å². The zero-order chi connectivity index (χ0) is 11.0. The first-order valence-corrected chi connectivity index (χ1v) is 6.53. The standard InChI is InChI=1S/C11H16N2OS/c1-8(2)13-4-5-15(14)11-7-12-9(3)6-10(11)13/h6-8H,4-5H2,1-3H3. The molecule has 3 nitrogen and oxygen atoms in total. The highest BCUT2D eigenvalue weighted by Gasteiger charge is 2.24. The maximum Gasteiger partial charge on any atom is 0.0805 e. The van der Waals surface area contributed by atoms with Gasteiger partial charge in [-0.1, -0.05) is 0 Å². The lowest BCUT2D eigenvalue weighted by Gasteiger charge is -2.33. The van der Waals surface area contributed by atoms with Crippen molar-refractivity contribution in [2.75, 3.05) is 17.2 Å². The normalized spacial score (nSPS) is 20.5. The van der Waals surface area contributed by atoms with Crippen LogP contribution in [0.1, 0.15) is 19.5 Å². The number of anilines is 1. The Hall–Kier alpha value is -0.900. The van der Waals surface area contributed by atoms with E-state index in [1.54, 1.807) is 6.20 Å². The summed E-state index contributed by atoms with van der Waals surface area (Å²) in [5, 5.41) is 0. The van der Waals surface area contributed by atoms with Crippen molar-refractivity contribution in [2.45, 2.75) is 31.7 Å². The van der Waals surface area contributed by atoms with Gasteiger partial charge in [-0.25, -0.2) is 0 Å². The monoisotopic (exact) mass is 224 g/mol. The fraction of sp³-hybridized carbons (Fsp3) is 0.545. The van der Waals surface area contributed by atoms with Gasteiger partial charge in [0.2, 0.25) is 0 Å². The van der Waals surface area contributed by atoms with Crippen LogP contribution in [0.15, 0.2) is 17.2 Å². The van der Waals surface area contributed by atoms with E-state index in [4.69, 9.17) is 0 Å². The lowest BCUT2D eigenvalue weighted by atomic mass is 10.2. The summed E-state index contributed by atoms with van der Waals surface area (Å²) < 4.78 is 11.8.